The Bertz CT molecular complexity index is 395. The first-order chi connectivity index (χ1) is 8.32. The second-order valence-electron chi connectivity index (χ2n) is 3.93. The van der Waals surface area contributed by atoms with E-state index in [2.05, 4.69) is 21.2 Å². The van der Waals surface area contributed by atoms with Gasteiger partial charge in [-0.3, -0.25) is 0 Å². The average molecular weight is 326 g/mol. The number of ether oxygens (including phenoxy) is 1. The lowest BCUT2D eigenvalue weighted by Crippen LogP contribution is -2.22. The number of halogens is 4. The Morgan fingerprint density at radius 2 is 2.00 bits per heavy atom. The Kier molecular flexibility index (Phi) is 5.47. The van der Waals surface area contributed by atoms with Crippen LogP contribution in [-0.2, 0) is 10.9 Å². The van der Waals surface area contributed by atoms with Gasteiger partial charge in [-0.05, 0) is 32.0 Å². The number of alkyl halides is 3. The van der Waals surface area contributed by atoms with E-state index >= 15 is 0 Å². The van der Waals surface area contributed by atoms with Gasteiger partial charge in [0.05, 0.1) is 12.2 Å². The van der Waals surface area contributed by atoms with Crippen LogP contribution in [0.15, 0.2) is 22.7 Å². The van der Waals surface area contributed by atoms with Gasteiger partial charge in [-0.2, -0.15) is 13.2 Å². The first-order valence-electron chi connectivity index (χ1n) is 5.55. The van der Waals surface area contributed by atoms with E-state index < -0.39 is 11.7 Å². The van der Waals surface area contributed by atoms with Crippen LogP contribution in [0.3, 0.4) is 0 Å². The number of rotatable bonds is 5. The molecule has 0 bridgehead atoms. The minimum atomic E-state index is -4.34. The molecule has 1 N–H and O–H groups in total. The Hall–Kier alpha value is -0.750. The summed E-state index contributed by atoms with van der Waals surface area (Å²) < 4.78 is 43.4. The summed E-state index contributed by atoms with van der Waals surface area (Å²) in [5, 5.41) is 2.98. The first kappa shape index (κ1) is 15.3. The van der Waals surface area contributed by atoms with E-state index in [4.69, 9.17) is 4.74 Å². The summed E-state index contributed by atoms with van der Waals surface area (Å²) in [7, 11) is 0. The minimum absolute atomic E-state index is 0.0552. The van der Waals surface area contributed by atoms with E-state index in [0.29, 0.717) is 23.4 Å². The summed E-state index contributed by atoms with van der Waals surface area (Å²) in [5.41, 5.74) is -0.258. The highest BCUT2D eigenvalue weighted by Crippen LogP contribution is 2.33. The van der Waals surface area contributed by atoms with Gasteiger partial charge >= 0.3 is 6.18 Å². The number of nitrogens with one attached hydrogen (secondary N) is 1. The molecular weight excluding hydrogens is 311 g/mol. The van der Waals surface area contributed by atoms with Gasteiger partial charge in [0.25, 0.3) is 0 Å². The van der Waals surface area contributed by atoms with Gasteiger partial charge < -0.3 is 10.1 Å². The highest BCUT2D eigenvalue weighted by atomic mass is 79.9. The van der Waals surface area contributed by atoms with E-state index in [9.17, 15) is 13.2 Å². The van der Waals surface area contributed by atoms with E-state index in [-0.39, 0.29) is 6.04 Å². The molecule has 0 heterocycles. The standard InChI is InChI=1S/C12H15BrF3NO/c1-3-18-7-8(2)17-11-5-9(12(14,15)16)4-10(13)6-11/h4-6,8,17H,3,7H2,1-2H3. The maximum Gasteiger partial charge on any atom is 0.416 e. The van der Waals surface area contributed by atoms with Gasteiger partial charge in [0.2, 0.25) is 0 Å². The van der Waals surface area contributed by atoms with Crippen LogP contribution in [0.4, 0.5) is 18.9 Å². The van der Waals surface area contributed by atoms with Crippen LogP contribution in [0.1, 0.15) is 19.4 Å². The zero-order valence-corrected chi connectivity index (χ0v) is 11.7. The third-order valence-corrected chi connectivity index (χ3v) is 2.67. The quantitative estimate of drug-likeness (QED) is 0.871. The zero-order chi connectivity index (χ0) is 13.8. The molecule has 0 radical (unpaired) electrons. The highest BCUT2D eigenvalue weighted by molar-refractivity contribution is 9.10. The second kappa shape index (κ2) is 6.43. The number of hydrogen-bond donors (Lipinski definition) is 1. The van der Waals surface area contributed by atoms with Crippen molar-refractivity contribution in [2.75, 3.05) is 18.5 Å². The smallest absolute Gasteiger partial charge is 0.380 e. The van der Waals surface area contributed by atoms with Gasteiger partial charge in [0, 0.05) is 22.8 Å². The van der Waals surface area contributed by atoms with Crippen molar-refractivity contribution in [3.05, 3.63) is 28.2 Å². The fraction of sp³-hybridized carbons (Fsp3) is 0.500. The molecule has 1 atom stereocenters. The fourth-order valence-electron chi connectivity index (χ4n) is 1.46. The van der Waals surface area contributed by atoms with Gasteiger partial charge in [0.15, 0.2) is 0 Å². The molecule has 18 heavy (non-hydrogen) atoms. The highest BCUT2D eigenvalue weighted by Gasteiger charge is 2.31. The van der Waals surface area contributed by atoms with Crippen molar-refractivity contribution < 1.29 is 17.9 Å². The van der Waals surface area contributed by atoms with Gasteiger partial charge in [-0.15, -0.1) is 0 Å². The maximum atomic E-state index is 12.6. The van der Waals surface area contributed by atoms with E-state index in [1.807, 2.05) is 13.8 Å². The van der Waals surface area contributed by atoms with Crippen molar-refractivity contribution in [1.29, 1.82) is 0 Å². The molecule has 0 saturated carbocycles. The molecule has 0 aliphatic rings. The lowest BCUT2D eigenvalue weighted by molar-refractivity contribution is -0.137. The Balaban J connectivity index is 2.80. The molecule has 1 aromatic rings. The topological polar surface area (TPSA) is 21.3 Å². The average Bonchev–Trinajstić information content (AvgIpc) is 2.24. The molecule has 1 unspecified atom stereocenters. The number of hydrogen-bond acceptors (Lipinski definition) is 2. The third-order valence-electron chi connectivity index (χ3n) is 2.21. The normalized spacial score (nSPS) is 13.4. The second-order valence-corrected chi connectivity index (χ2v) is 4.85. The van der Waals surface area contributed by atoms with Gasteiger partial charge in [-0.1, -0.05) is 15.9 Å². The van der Waals surface area contributed by atoms with Crippen molar-refractivity contribution in [3.8, 4) is 0 Å². The molecule has 0 amide bonds. The summed E-state index contributed by atoms with van der Waals surface area (Å²) in [5.74, 6) is 0. The van der Waals surface area contributed by atoms with Crippen molar-refractivity contribution in [1.82, 2.24) is 0 Å². The van der Waals surface area contributed by atoms with Crippen molar-refractivity contribution in [2.24, 2.45) is 0 Å². The van der Waals surface area contributed by atoms with Gasteiger partial charge in [0.1, 0.15) is 0 Å². The van der Waals surface area contributed by atoms with Crippen LogP contribution < -0.4 is 5.32 Å². The van der Waals surface area contributed by atoms with Crippen LogP contribution in [0.2, 0.25) is 0 Å². The van der Waals surface area contributed by atoms with Gasteiger partial charge in [-0.25, -0.2) is 0 Å². The molecule has 0 aliphatic carbocycles. The van der Waals surface area contributed by atoms with Crippen LogP contribution in [0, 0.1) is 0 Å². The fourth-order valence-corrected chi connectivity index (χ4v) is 1.95. The number of benzene rings is 1. The lowest BCUT2D eigenvalue weighted by Gasteiger charge is -2.17. The molecular formula is C12H15BrF3NO. The van der Waals surface area contributed by atoms with Crippen molar-refractivity contribution in [3.63, 3.8) is 0 Å². The van der Waals surface area contributed by atoms with E-state index in [1.165, 1.54) is 0 Å². The predicted molar refractivity (Wildman–Crippen MR) is 68.7 cm³/mol. The Morgan fingerprint density at radius 1 is 1.33 bits per heavy atom. The number of anilines is 1. The van der Waals surface area contributed by atoms with Crippen LogP contribution >= 0.6 is 15.9 Å². The molecule has 0 spiro atoms. The van der Waals surface area contributed by atoms with Crippen LogP contribution in [0.5, 0.6) is 0 Å². The lowest BCUT2D eigenvalue weighted by atomic mass is 10.2. The molecule has 0 aliphatic heterocycles. The SMILES string of the molecule is CCOCC(C)Nc1cc(Br)cc(C(F)(F)F)c1. The molecule has 0 fully saturated rings. The van der Waals surface area contributed by atoms with Crippen molar-refractivity contribution in [2.45, 2.75) is 26.1 Å². The molecule has 0 saturated heterocycles. The zero-order valence-electron chi connectivity index (χ0n) is 10.1. The molecule has 0 aromatic heterocycles. The summed E-state index contributed by atoms with van der Waals surface area (Å²) in [4.78, 5) is 0. The minimum Gasteiger partial charge on any atom is -0.380 e. The maximum absolute atomic E-state index is 12.6. The third kappa shape index (κ3) is 4.86. The molecule has 6 heteroatoms. The van der Waals surface area contributed by atoms with Crippen LogP contribution in [0.25, 0.3) is 0 Å². The first-order valence-corrected chi connectivity index (χ1v) is 6.34. The van der Waals surface area contributed by atoms with Crippen molar-refractivity contribution >= 4 is 21.6 Å². The summed E-state index contributed by atoms with van der Waals surface area (Å²) in [6, 6.07) is 3.70. The summed E-state index contributed by atoms with van der Waals surface area (Å²) in [6.45, 7) is 4.75. The predicted octanol–water partition coefficient (Wildman–Crippen LogP) is 4.30. The van der Waals surface area contributed by atoms with Crippen LogP contribution in [-0.4, -0.2) is 19.3 Å². The Morgan fingerprint density at radius 3 is 2.56 bits per heavy atom. The largest absolute Gasteiger partial charge is 0.416 e. The Labute approximate surface area is 113 Å². The summed E-state index contributed by atoms with van der Waals surface area (Å²) in [6.07, 6.45) is -4.34. The molecule has 2 nitrogen and oxygen atoms in total. The van der Waals surface area contributed by atoms with E-state index in [0.717, 1.165) is 12.1 Å². The monoisotopic (exact) mass is 325 g/mol. The van der Waals surface area contributed by atoms with E-state index in [1.54, 1.807) is 6.07 Å². The molecule has 102 valence electrons. The molecule has 1 aromatic carbocycles. The summed E-state index contributed by atoms with van der Waals surface area (Å²) >= 11 is 3.08. The molecule has 1 rings (SSSR count).